The molecule has 1 fully saturated rings. The molecule has 0 saturated carbocycles. The Labute approximate surface area is 160 Å². The van der Waals surface area contributed by atoms with E-state index < -0.39 is 0 Å². The van der Waals surface area contributed by atoms with Crippen molar-refractivity contribution in [2.45, 2.75) is 19.4 Å². The van der Waals surface area contributed by atoms with Crippen LogP contribution in [0.25, 0.3) is 0 Å². The van der Waals surface area contributed by atoms with E-state index in [0.717, 1.165) is 43.2 Å². The number of hydrogen-bond donors (Lipinski definition) is 0. The molecule has 0 bridgehead atoms. The zero-order valence-electron chi connectivity index (χ0n) is 16.0. The first-order chi connectivity index (χ1) is 13.1. The maximum absolute atomic E-state index is 13.1. The van der Waals surface area contributed by atoms with Gasteiger partial charge < -0.3 is 9.32 Å². The highest BCUT2D eigenvalue weighted by molar-refractivity contribution is 6.03. The van der Waals surface area contributed by atoms with Gasteiger partial charge in [-0.25, -0.2) is 5.01 Å². The molecule has 2 aliphatic rings. The van der Waals surface area contributed by atoms with E-state index in [1.165, 1.54) is 5.56 Å². The van der Waals surface area contributed by atoms with Gasteiger partial charge in [-0.3, -0.25) is 9.69 Å². The van der Waals surface area contributed by atoms with Crippen molar-refractivity contribution in [2.75, 3.05) is 39.8 Å². The molecule has 0 N–H and O–H groups in total. The molecule has 0 spiro atoms. The maximum Gasteiger partial charge on any atom is 0.257 e. The molecule has 1 amide bonds. The fraction of sp³-hybridized carbons (Fsp3) is 0.429. The molecule has 6 nitrogen and oxygen atoms in total. The largest absolute Gasteiger partial charge is 0.467 e. The third-order valence-corrected chi connectivity index (χ3v) is 5.38. The molecule has 2 aromatic rings. The van der Waals surface area contributed by atoms with Crippen molar-refractivity contribution in [3.8, 4) is 0 Å². The fourth-order valence-corrected chi connectivity index (χ4v) is 3.63. The molecule has 1 aromatic carbocycles. The molecule has 27 heavy (non-hydrogen) atoms. The summed E-state index contributed by atoms with van der Waals surface area (Å²) in [6, 6.07) is 11.9. The molecule has 142 valence electrons. The third-order valence-electron chi connectivity index (χ3n) is 5.38. The average Bonchev–Trinajstić information content (AvgIpc) is 3.33. The van der Waals surface area contributed by atoms with Crippen LogP contribution in [0.5, 0.6) is 0 Å². The highest BCUT2D eigenvalue weighted by Gasteiger charge is 2.35. The molecule has 4 rings (SSSR count). The zero-order valence-corrected chi connectivity index (χ0v) is 16.0. The van der Waals surface area contributed by atoms with Gasteiger partial charge >= 0.3 is 0 Å². The minimum atomic E-state index is -0.170. The van der Waals surface area contributed by atoms with E-state index in [1.807, 2.05) is 12.1 Å². The van der Waals surface area contributed by atoms with Crippen molar-refractivity contribution in [3.05, 3.63) is 59.5 Å². The van der Waals surface area contributed by atoms with Crippen LogP contribution in [0.1, 0.15) is 29.3 Å². The van der Waals surface area contributed by atoms with Crippen LogP contribution in [0.3, 0.4) is 0 Å². The van der Waals surface area contributed by atoms with Crippen LogP contribution < -0.4 is 0 Å². The van der Waals surface area contributed by atoms with Gasteiger partial charge in [-0.05, 0) is 31.7 Å². The number of aryl methyl sites for hydroxylation is 1. The number of likely N-dealkylation sites (N-methyl/N-ethyl adjacent to an activating group) is 1. The predicted molar refractivity (Wildman–Crippen MR) is 105 cm³/mol. The van der Waals surface area contributed by atoms with Gasteiger partial charge in [0.2, 0.25) is 0 Å². The maximum atomic E-state index is 13.1. The van der Waals surface area contributed by atoms with Crippen molar-refractivity contribution >= 4 is 11.6 Å². The molecular weight excluding hydrogens is 340 g/mol. The van der Waals surface area contributed by atoms with Crippen molar-refractivity contribution in [3.63, 3.8) is 0 Å². The van der Waals surface area contributed by atoms with Gasteiger partial charge in [-0.15, -0.1) is 0 Å². The standard InChI is InChI=1S/C21H26N4O2/c1-16-5-7-17(8-6-16)18-14-19(20-4-3-13-27-20)25(22-18)21(26)15-24-11-9-23(2)10-12-24/h3-8,13,19H,9-12,14-15H2,1-2H3/t19-/m0/s1. The molecule has 0 aliphatic carbocycles. The molecule has 6 heteroatoms. The number of hydrazone groups is 1. The summed E-state index contributed by atoms with van der Waals surface area (Å²) in [5, 5.41) is 6.34. The van der Waals surface area contributed by atoms with E-state index in [9.17, 15) is 4.79 Å². The second-order valence-corrected chi connectivity index (χ2v) is 7.47. The molecule has 0 radical (unpaired) electrons. The Bertz CT molecular complexity index is 805. The van der Waals surface area contributed by atoms with Crippen LogP contribution >= 0.6 is 0 Å². The predicted octanol–water partition coefficient (Wildman–Crippen LogP) is 2.51. The summed E-state index contributed by atoms with van der Waals surface area (Å²) in [7, 11) is 2.12. The van der Waals surface area contributed by atoms with Gasteiger partial charge in [-0.2, -0.15) is 5.10 Å². The molecule has 2 aliphatic heterocycles. The minimum Gasteiger partial charge on any atom is -0.467 e. The Kier molecular flexibility index (Phi) is 5.09. The molecule has 3 heterocycles. The first kappa shape index (κ1) is 17.9. The summed E-state index contributed by atoms with van der Waals surface area (Å²) in [6.45, 7) is 6.28. The molecule has 1 aromatic heterocycles. The lowest BCUT2D eigenvalue weighted by Crippen LogP contribution is -2.48. The molecule has 1 atom stereocenters. The lowest BCUT2D eigenvalue weighted by molar-refractivity contribution is -0.135. The van der Waals surface area contributed by atoms with Crippen LogP contribution in [0.15, 0.2) is 52.2 Å². The second-order valence-electron chi connectivity index (χ2n) is 7.47. The first-order valence-corrected chi connectivity index (χ1v) is 9.51. The first-order valence-electron chi connectivity index (χ1n) is 9.51. The van der Waals surface area contributed by atoms with Crippen molar-refractivity contribution in [1.29, 1.82) is 0 Å². The van der Waals surface area contributed by atoms with Gasteiger partial charge in [-0.1, -0.05) is 29.8 Å². The monoisotopic (exact) mass is 366 g/mol. The number of rotatable bonds is 4. The Hall–Kier alpha value is -2.44. The summed E-state index contributed by atoms with van der Waals surface area (Å²) < 4.78 is 5.62. The van der Waals surface area contributed by atoms with Crippen molar-refractivity contribution < 1.29 is 9.21 Å². The van der Waals surface area contributed by atoms with E-state index in [-0.39, 0.29) is 11.9 Å². The number of carbonyl (C=O) groups is 1. The molecule has 1 saturated heterocycles. The number of nitrogens with zero attached hydrogens (tertiary/aromatic N) is 4. The van der Waals surface area contributed by atoms with Gasteiger partial charge in [0.25, 0.3) is 5.91 Å². The van der Waals surface area contributed by atoms with Crippen LogP contribution in [0, 0.1) is 6.92 Å². The number of amides is 1. The number of carbonyl (C=O) groups excluding carboxylic acids is 1. The Morgan fingerprint density at radius 3 is 2.56 bits per heavy atom. The normalized spacial score (nSPS) is 21.5. The number of hydrogen-bond acceptors (Lipinski definition) is 5. The number of furan rings is 1. The van der Waals surface area contributed by atoms with E-state index in [0.29, 0.717) is 13.0 Å². The zero-order chi connectivity index (χ0) is 18.8. The van der Waals surface area contributed by atoms with Gasteiger partial charge in [0.05, 0.1) is 18.5 Å². The smallest absolute Gasteiger partial charge is 0.257 e. The quantitative estimate of drug-likeness (QED) is 0.834. The van der Waals surface area contributed by atoms with Gasteiger partial charge in [0.1, 0.15) is 11.8 Å². The lowest BCUT2D eigenvalue weighted by atomic mass is 10.0. The molecular formula is C21H26N4O2. The van der Waals surface area contributed by atoms with E-state index in [1.54, 1.807) is 11.3 Å². The van der Waals surface area contributed by atoms with E-state index in [4.69, 9.17) is 9.52 Å². The van der Waals surface area contributed by atoms with Gasteiger partial charge in [0.15, 0.2) is 0 Å². The van der Waals surface area contributed by atoms with E-state index >= 15 is 0 Å². The Morgan fingerprint density at radius 2 is 1.89 bits per heavy atom. The Balaban J connectivity index is 1.54. The summed E-state index contributed by atoms with van der Waals surface area (Å²) in [5.74, 6) is 0.815. The SMILES string of the molecule is Cc1ccc(C2=NN(C(=O)CN3CCN(C)CC3)[C@H](c3ccco3)C2)cc1. The van der Waals surface area contributed by atoms with E-state index in [2.05, 4.69) is 48.0 Å². The number of benzene rings is 1. The van der Waals surface area contributed by atoms with Crippen LogP contribution in [-0.4, -0.2) is 66.2 Å². The lowest BCUT2D eigenvalue weighted by Gasteiger charge is -2.32. The van der Waals surface area contributed by atoms with Crippen LogP contribution in [0.4, 0.5) is 0 Å². The van der Waals surface area contributed by atoms with Crippen molar-refractivity contribution in [1.82, 2.24) is 14.8 Å². The summed E-state index contributed by atoms with van der Waals surface area (Å²) in [4.78, 5) is 17.6. The summed E-state index contributed by atoms with van der Waals surface area (Å²) in [5.41, 5.74) is 3.21. The Morgan fingerprint density at radius 1 is 1.15 bits per heavy atom. The van der Waals surface area contributed by atoms with Gasteiger partial charge in [0, 0.05) is 32.6 Å². The average molecular weight is 366 g/mol. The summed E-state index contributed by atoms with van der Waals surface area (Å²) in [6.07, 6.45) is 2.33. The highest BCUT2D eigenvalue weighted by Crippen LogP contribution is 2.33. The third kappa shape index (κ3) is 3.96. The van der Waals surface area contributed by atoms with Crippen LogP contribution in [-0.2, 0) is 4.79 Å². The summed E-state index contributed by atoms with van der Waals surface area (Å²) >= 11 is 0. The topological polar surface area (TPSA) is 52.3 Å². The van der Waals surface area contributed by atoms with Crippen molar-refractivity contribution in [2.24, 2.45) is 5.10 Å². The van der Waals surface area contributed by atoms with Crippen LogP contribution in [0.2, 0.25) is 0 Å². The highest BCUT2D eigenvalue weighted by atomic mass is 16.3. The fourth-order valence-electron chi connectivity index (χ4n) is 3.63. The minimum absolute atomic E-state index is 0.0306. The second kappa shape index (κ2) is 7.66. The molecule has 0 unspecified atom stereocenters. The number of piperazine rings is 1.